The van der Waals surface area contributed by atoms with Gasteiger partial charge in [-0.25, -0.2) is 0 Å². The zero-order valence-electron chi connectivity index (χ0n) is 15.6. The van der Waals surface area contributed by atoms with Crippen molar-refractivity contribution in [2.75, 3.05) is 31.3 Å². The topological polar surface area (TPSA) is 68.3 Å². The van der Waals surface area contributed by atoms with Gasteiger partial charge in [-0.15, -0.1) is 10.2 Å². The molecule has 1 aliphatic rings. The maximum Gasteiger partial charge on any atom is 0.200 e. The summed E-state index contributed by atoms with van der Waals surface area (Å²) in [5.41, 5.74) is 2.32. The van der Waals surface area contributed by atoms with E-state index < -0.39 is 0 Å². The van der Waals surface area contributed by atoms with Gasteiger partial charge in [0.25, 0.3) is 0 Å². The Bertz CT molecular complexity index is 876. The van der Waals surface area contributed by atoms with E-state index in [2.05, 4.69) is 44.7 Å². The van der Waals surface area contributed by atoms with Crippen molar-refractivity contribution < 1.29 is 9.15 Å². The van der Waals surface area contributed by atoms with Crippen LogP contribution in [0.25, 0.3) is 11.6 Å². The molecule has 0 spiro atoms. The van der Waals surface area contributed by atoms with Gasteiger partial charge in [0.05, 0.1) is 12.4 Å². The van der Waals surface area contributed by atoms with Crippen LogP contribution in [0, 0.1) is 0 Å². The van der Waals surface area contributed by atoms with Gasteiger partial charge in [-0.3, -0.25) is 5.32 Å². The van der Waals surface area contributed by atoms with Gasteiger partial charge in [-0.1, -0.05) is 23.9 Å². The Balaban J connectivity index is 1.34. The largest absolute Gasteiger partial charge is 0.461 e. The summed E-state index contributed by atoms with van der Waals surface area (Å²) in [5.74, 6) is 2.26. The molecular formula is C19H23N5O2S. The monoisotopic (exact) mass is 385 g/mol. The molecule has 27 heavy (non-hydrogen) atoms. The highest BCUT2D eigenvalue weighted by Crippen LogP contribution is 2.28. The normalized spacial score (nSPS) is 19.5. The van der Waals surface area contributed by atoms with Crippen molar-refractivity contribution in [3.63, 3.8) is 0 Å². The van der Waals surface area contributed by atoms with Gasteiger partial charge < -0.3 is 18.6 Å². The van der Waals surface area contributed by atoms with Crippen LogP contribution in [-0.2, 0) is 11.8 Å². The third-order valence-electron chi connectivity index (χ3n) is 4.55. The number of anilines is 1. The van der Waals surface area contributed by atoms with E-state index in [1.54, 1.807) is 18.0 Å². The number of rotatable bonds is 6. The first-order valence-electron chi connectivity index (χ1n) is 8.84. The van der Waals surface area contributed by atoms with E-state index in [0.717, 1.165) is 34.6 Å². The van der Waals surface area contributed by atoms with Crippen LogP contribution in [0.15, 0.2) is 52.2 Å². The number of hydrogen-bond donors (Lipinski definition) is 1. The highest BCUT2D eigenvalue weighted by atomic mass is 32.2. The molecule has 1 N–H and O–H groups in total. The molecule has 0 radical (unpaired) electrons. The van der Waals surface area contributed by atoms with E-state index in [1.165, 1.54) is 5.69 Å². The molecule has 2 atom stereocenters. The first kappa shape index (κ1) is 18.1. The average molecular weight is 385 g/mol. The van der Waals surface area contributed by atoms with Crippen molar-refractivity contribution in [3.05, 3.63) is 48.2 Å². The second-order valence-electron chi connectivity index (χ2n) is 6.69. The molecule has 3 heterocycles. The fourth-order valence-electron chi connectivity index (χ4n) is 3.00. The van der Waals surface area contributed by atoms with Crippen molar-refractivity contribution >= 4 is 17.4 Å². The molecule has 8 heteroatoms. The first-order chi connectivity index (χ1) is 13.1. The van der Waals surface area contributed by atoms with E-state index in [4.69, 9.17) is 9.15 Å². The van der Waals surface area contributed by atoms with Crippen LogP contribution in [0.2, 0.25) is 0 Å². The quantitative estimate of drug-likeness (QED) is 0.654. The predicted molar refractivity (Wildman–Crippen MR) is 106 cm³/mol. The Morgan fingerprint density at radius 1 is 1.22 bits per heavy atom. The van der Waals surface area contributed by atoms with Crippen molar-refractivity contribution in [1.82, 2.24) is 20.1 Å². The smallest absolute Gasteiger partial charge is 0.200 e. The number of nitrogens with zero attached hydrogens (tertiary/aromatic N) is 4. The lowest BCUT2D eigenvalue weighted by atomic mass is 10.2. The van der Waals surface area contributed by atoms with Crippen LogP contribution in [0.1, 0.15) is 11.8 Å². The molecule has 1 saturated heterocycles. The highest BCUT2D eigenvalue weighted by Gasteiger charge is 2.26. The van der Waals surface area contributed by atoms with Crippen molar-refractivity contribution in [2.45, 2.75) is 17.5 Å². The molecule has 1 aliphatic heterocycles. The van der Waals surface area contributed by atoms with E-state index in [-0.39, 0.29) is 12.3 Å². The fraction of sp³-hybridized carbons (Fsp3) is 0.368. The number of benzene rings is 1. The minimum atomic E-state index is -0.0648. The second-order valence-corrected chi connectivity index (χ2v) is 7.67. The number of thioether (sulfide) groups is 1. The number of hydrogen-bond acceptors (Lipinski definition) is 7. The highest BCUT2D eigenvalue weighted by molar-refractivity contribution is 7.99. The standard InChI is InChI=1S/C19H23N5O2S/c1-23(2)14-8-6-13(7-9-14)18-20-11-15(26-18)12-27-19-22-21-17(24(19)3)16-5-4-10-25-16/h4-10,15,18,20H,11-12H2,1-3H3/t15-,18-/m1/s1. The summed E-state index contributed by atoms with van der Waals surface area (Å²) in [6.07, 6.45) is 1.70. The molecule has 0 amide bonds. The molecule has 4 rings (SSSR count). The summed E-state index contributed by atoms with van der Waals surface area (Å²) in [4.78, 5) is 2.09. The van der Waals surface area contributed by atoms with Gasteiger partial charge >= 0.3 is 0 Å². The number of aromatic nitrogens is 3. The minimum Gasteiger partial charge on any atom is -0.461 e. The molecule has 3 aromatic rings. The Labute approximate surface area is 162 Å². The number of nitrogens with one attached hydrogen (secondary N) is 1. The zero-order valence-corrected chi connectivity index (χ0v) is 16.4. The molecule has 0 unspecified atom stereocenters. The summed E-state index contributed by atoms with van der Waals surface area (Å²) in [7, 11) is 6.02. The van der Waals surface area contributed by atoms with Gasteiger partial charge in [0.1, 0.15) is 6.23 Å². The number of ether oxygens (including phenoxy) is 1. The summed E-state index contributed by atoms with van der Waals surface area (Å²) in [6, 6.07) is 12.2. The molecule has 1 fully saturated rings. The Hall–Kier alpha value is -2.29. The third-order valence-corrected chi connectivity index (χ3v) is 5.70. The van der Waals surface area contributed by atoms with Crippen LogP contribution in [0.4, 0.5) is 5.69 Å². The Morgan fingerprint density at radius 3 is 2.74 bits per heavy atom. The molecule has 1 aromatic carbocycles. The maximum absolute atomic E-state index is 6.17. The molecule has 0 aliphatic carbocycles. The van der Waals surface area contributed by atoms with Crippen molar-refractivity contribution in [3.8, 4) is 11.6 Å². The SMILES string of the molecule is CN(C)c1ccc([C@@H]2NC[C@H](CSc3nnc(-c4ccco4)n3C)O2)cc1. The fourth-order valence-corrected chi connectivity index (χ4v) is 3.91. The first-order valence-corrected chi connectivity index (χ1v) is 9.82. The van der Waals surface area contributed by atoms with Crippen molar-refractivity contribution in [2.24, 2.45) is 7.05 Å². The summed E-state index contributed by atoms with van der Waals surface area (Å²) in [5, 5.41) is 12.8. The van der Waals surface area contributed by atoms with Crippen molar-refractivity contribution in [1.29, 1.82) is 0 Å². The lowest BCUT2D eigenvalue weighted by Crippen LogP contribution is -2.17. The lowest BCUT2D eigenvalue weighted by molar-refractivity contribution is 0.0534. The van der Waals surface area contributed by atoms with E-state index in [9.17, 15) is 0 Å². The van der Waals surface area contributed by atoms with E-state index in [0.29, 0.717) is 0 Å². The number of furan rings is 1. The van der Waals surface area contributed by atoms with E-state index >= 15 is 0 Å². The minimum absolute atomic E-state index is 0.0648. The molecule has 7 nitrogen and oxygen atoms in total. The molecule has 2 aromatic heterocycles. The zero-order chi connectivity index (χ0) is 18.8. The molecular weight excluding hydrogens is 362 g/mol. The second kappa shape index (κ2) is 7.75. The van der Waals surface area contributed by atoms with Crippen LogP contribution in [-0.4, -0.2) is 47.3 Å². The average Bonchev–Trinajstić information content (AvgIpc) is 3.41. The maximum atomic E-state index is 6.17. The lowest BCUT2D eigenvalue weighted by Gasteiger charge is -2.16. The van der Waals surface area contributed by atoms with Gasteiger partial charge in [0.2, 0.25) is 0 Å². The van der Waals surface area contributed by atoms with Gasteiger partial charge in [-0.2, -0.15) is 0 Å². The van der Waals surface area contributed by atoms with Crippen LogP contribution < -0.4 is 10.2 Å². The summed E-state index contributed by atoms with van der Waals surface area (Å²) < 4.78 is 13.5. The summed E-state index contributed by atoms with van der Waals surface area (Å²) in [6.45, 7) is 0.815. The van der Waals surface area contributed by atoms with Crippen LogP contribution >= 0.6 is 11.8 Å². The Morgan fingerprint density at radius 2 is 2.04 bits per heavy atom. The van der Waals surface area contributed by atoms with Gasteiger partial charge in [0, 0.05) is 39.1 Å². The summed E-state index contributed by atoms with van der Waals surface area (Å²) >= 11 is 1.64. The van der Waals surface area contributed by atoms with E-state index in [1.807, 2.05) is 37.8 Å². The molecule has 142 valence electrons. The predicted octanol–water partition coefficient (Wildman–Crippen LogP) is 2.92. The Kier molecular flexibility index (Phi) is 5.20. The van der Waals surface area contributed by atoms with Gasteiger partial charge in [0.15, 0.2) is 16.7 Å². The van der Waals surface area contributed by atoms with Crippen LogP contribution in [0.5, 0.6) is 0 Å². The molecule has 0 bridgehead atoms. The third kappa shape index (κ3) is 3.87. The van der Waals surface area contributed by atoms with Crippen LogP contribution in [0.3, 0.4) is 0 Å². The van der Waals surface area contributed by atoms with Gasteiger partial charge in [-0.05, 0) is 29.8 Å². The molecule has 0 saturated carbocycles.